The Morgan fingerprint density at radius 1 is 1.44 bits per heavy atom. The molecule has 1 aromatic heterocycles. The van der Waals surface area contributed by atoms with Gasteiger partial charge in [-0.15, -0.1) is 11.3 Å². The highest BCUT2D eigenvalue weighted by Gasteiger charge is 2.29. The lowest BCUT2D eigenvalue weighted by molar-refractivity contribution is -0.135. The molecule has 0 spiro atoms. The molecule has 2 amide bonds. The number of amides is 2. The number of nitrogens with zero attached hydrogens (tertiary/aromatic N) is 1. The number of ether oxygens (including phenoxy) is 1. The average Bonchev–Trinajstić information content (AvgIpc) is 2.89. The van der Waals surface area contributed by atoms with Crippen LogP contribution in [0.4, 0.5) is 5.69 Å². The molecule has 1 aliphatic rings. The zero-order chi connectivity index (χ0) is 13.3. The van der Waals surface area contributed by atoms with Crippen molar-refractivity contribution >= 4 is 34.8 Å². The third-order valence-electron chi connectivity index (χ3n) is 2.37. The summed E-state index contributed by atoms with van der Waals surface area (Å²) in [6, 6.07) is 1.60. The van der Waals surface area contributed by atoms with E-state index in [4.69, 9.17) is 0 Å². The van der Waals surface area contributed by atoms with E-state index < -0.39 is 17.8 Å². The number of esters is 1. The van der Waals surface area contributed by atoms with E-state index in [9.17, 15) is 14.4 Å². The third kappa shape index (κ3) is 2.00. The smallest absolute Gasteiger partial charge is 0.350 e. The van der Waals surface area contributed by atoms with Crippen LogP contribution in [-0.2, 0) is 14.3 Å². The van der Waals surface area contributed by atoms with Gasteiger partial charge in [0.2, 0.25) is 0 Å². The van der Waals surface area contributed by atoms with Gasteiger partial charge in [0.1, 0.15) is 4.88 Å². The van der Waals surface area contributed by atoms with E-state index in [1.807, 2.05) is 0 Å². The Bertz CT molecular complexity index is 561. The first-order valence-corrected chi connectivity index (χ1v) is 5.91. The maximum absolute atomic E-state index is 11.7. The summed E-state index contributed by atoms with van der Waals surface area (Å²) in [5.41, 5.74) is 3.35. The Balaban J connectivity index is 2.21. The minimum absolute atomic E-state index is 0.308. The Hall–Kier alpha value is -2.15. The van der Waals surface area contributed by atoms with E-state index in [0.717, 1.165) is 5.01 Å². The molecular formula is C11H10N2O4S. The van der Waals surface area contributed by atoms with Gasteiger partial charge in [-0.2, -0.15) is 5.01 Å². The predicted molar refractivity (Wildman–Crippen MR) is 64.9 cm³/mol. The van der Waals surface area contributed by atoms with Gasteiger partial charge in [0, 0.05) is 11.6 Å². The van der Waals surface area contributed by atoms with Crippen LogP contribution < -0.4 is 5.43 Å². The quantitative estimate of drug-likeness (QED) is 0.656. The zero-order valence-electron chi connectivity index (χ0n) is 9.72. The summed E-state index contributed by atoms with van der Waals surface area (Å²) < 4.78 is 4.60. The predicted octanol–water partition coefficient (Wildman–Crippen LogP) is 1.18. The molecule has 0 unspecified atom stereocenters. The molecule has 7 heteroatoms. The van der Waals surface area contributed by atoms with E-state index >= 15 is 0 Å². The molecule has 0 saturated heterocycles. The molecule has 2 rings (SSSR count). The lowest BCUT2D eigenvalue weighted by Crippen LogP contribution is -2.36. The van der Waals surface area contributed by atoms with Gasteiger partial charge < -0.3 is 4.74 Å². The first-order chi connectivity index (χ1) is 8.54. The van der Waals surface area contributed by atoms with Gasteiger partial charge >= 0.3 is 5.97 Å². The number of hydrogen-bond donors (Lipinski definition) is 1. The lowest BCUT2D eigenvalue weighted by atomic mass is 10.3. The van der Waals surface area contributed by atoms with Gasteiger partial charge in [0.15, 0.2) is 0 Å². The lowest BCUT2D eigenvalue weighted by Gasteiger charge is -2.16. The van der Waals surface area contributed by atoms with Gasteiger partial charge in [0.05, 0.1) is 12.8 Å². The van der Waals surface area contributed by atoms with Crippen molar-refractivity contribution in [3.8, 4) is 0 Å². The van der Waals surface area contributed by atoms with Crippen LogP contribution in [0.25, 0.3) is 0 Å². The standard InChI is InChI=1S/C11H10N2O4S/c1-6-5-8(14)13(10(6)15)12-7-3-4-18-9(7)11(16)17-2/h3-5,12H,1-2H3. The highest BCUT2D eigenvalue weighted by atomic mass is 32.1. The molecule has 1 aliphatic heterocycles. The number of rotatable bonds is 3. The maximum atomic E-state index is 11.7. The number of carbonyl (C=O) groups is 3. The molecule has 0 saturated carbocycles. The molecule has 0 aliphatic carbocycles. The monoisotopic (exact) mass is 266 g/mol. The second-order valence-electron chi connectivity index (χ2n) is 3.57. The Kier molecular flexibility index (Phi) is 3.15. The SMILES string of the molecule is COC(=O)c1sccc1NN1C(=O)C=C(C)C1=O. The Labute approximate surface area is 107 Å². The summed E-state index contributed by atoms with van der Waals surface area (Å²) in [4.78, 5) is 34.9. The number of carbonyl (C=O) groups excluding carboxylic acids is 3. The van der Waals surface area contributed by atoms with Crippen LogP contribution in [0.2, 0.25) is 0 Å². The number of methoxy groups -OCH3 is 1. The fourth-order valence-corrected chi connectivity index (χ4v) is 2.22. The average molecular weight is 266 g/mol. The molecule has 0 radical (unpaired) electrons. The van der Waals surface area contributed by atoms with Crippen LogP contribution >= 0.6 is 11.3 Å². The molecule has 0 bridgehead atoms. The van der Waals surface area contributed by atoms with Crippen molar-refractivity contribution in [2.45, 2.75) is 6.92 Å². The van der Waals surface area contributed by atoms with Crippen LogP contribution in [0.15, 0.2) is 23.1 Å². The maximum Gasteiger partial charge on any atom is 0.350 e. The van der Waals surface area contributed by atoms with Gasteiger partial charge in [0.25, 0.3) is 11.8 Å². The highest BCUT2D eigenvalue weighted by molar-refractivity contribution is 7.12. The largest absolute Gasteiger partial charge is 0.465 e. The van der Waals surface area contributed by atoms with Gasteiger partial charge in [-0.25, -0.2) is 4.79 Å². The van der Waals surface area contributed by atoms with Crippen molar-refractivity contribution in [2.75, 3.05) is 12.5 Å². The summed E-state index contributed by atoms with van der Waals surface area (Å²) >= 11 is 1.17. The Morgan fingerprint density at radius 2 is 2.17 bits per heavy atom. The van der Waals surface area contributed by atoms with Crippen LogP contribution in [0.5, 0.6) is 0 Å². The van der Waals surface area contributed by atoms with E-state index in [2.05, 4.69) is 10.2 Å². The molecule has 0 atom stereocenters. The van der Waals surface area contributed by atoms with Crippen molar-refractivity contribution in [3.05, 3.63) is 28.0 Å². The van der Waals surface area contributed by atoms with Crippen LogP contribution in [0.1, 0.15) is 16.6 Å². The van der Waals surface area contributed by atoms with Crippen molar-refractivity contribution in [1.82, 2.24) is 5.01 Å². The van der Waals surface area contributed by atoms with Gasteiger partial charge in [-0.05, 0) is 18.4 Å². The van der Waals surface area contributed by atoms with Crippen molar-refractivity contribution in [3.63, 3.8) is 0 Å². The number of nitrogens with one attached hydrogen (secondary N) is 1. The summed E-state index contributed by atoms with van der Waals surface area (Å²) in [6.07, 6.45) is 1.24. The molecule has 1 N–H and O–H groups in total. The summed E-state index contributed by atoms with van der Waals surface area (Å²) in [5, 5.41) is 2.53. The highest BCUT2D eigenvalue weighted by Crippen LogP contribution is 2.25. The molecule has 6 nitrogen and oxygen atoms in total. The number of anilines is 1. The first kappa shape index (κ1) is 12.3. The van der Waals surface area contributed by atoms with Crippen molar-refractivity contribution in [1.29, 1.82) is 0 Å². The molecule has 18 heavy (non-hydrogen) atoms. The first-order valence-electron chi connectivity index (χ1n) is 5.03. The number of hydrogen-bond acceptors (Lipinski definition) is 6. The molecule has 1 aromatic rings. The second kappa shape index (κ2) is 4.61. The number of thiophene rings is 1. The molecule has 94 valence electrons. The topological polar surface area (TPSA) is 75.7 Å². The third-order valence-corrected chi connectivity index (χ3v) is 3.26. The van der Waals surface area contributed by atoms with Gasteiger partial charge in [-0.1, -0.05) is 0 Å². The molecule has 2 heterocycles. The van der Waals surface area contributed by atoms with E-state index in [1.54, 1.807) is 18.4 Å². The minimum atomic E-state index is -0.517. The summed E-state index contributed by atoms with van der Waals surface area (Å²) in [7, 11) is 1.27. The van der Waals surface area contributed by atoms with E-state index in [-0.39, 0.29) is 0 Å². The van der Waals surface area contributed by atoms with Crippen LogP contribution in [0.3, 0.4) is 0 Å². The zero-order valence-corrected chi connectivity index (χ0v) is 10.5. The molecule has 0 fully saturated rings. The molecular weight excluding hydrogens is 256 g/mol. The fraction of sp³-hybridized carbons (Fsp3) is 0.182. The van der Waals surface area contributed by atoms with E-state index in [1.165, 1.54) is 24.5 Å². The van der Waals surface area contributed by atoms with E-state index in [0.29, 0.717) is 16.1 Å². The number of hydrazine groups is 1. The normalized spacial score (nSPS) is 14.8. The minimum Gasteiger partial charge on any atom is -0.465 e. The Morgan fingerprint density at radius 3 is 2.72 bits per heavy atom. The molecule has 0 aromatic carbocycles. The van der Waals surface area contributed by atoms with Crippen molar-refractivity contribution in [2.24, 2.45) is 0 Å². The second-order valence-corrected chi connectivity index (χ2v) is 4.49. The van der Waals surface area contributed by atoms with Crippen LogP contribution in [0, 0.1) is 0 Å². The van der Waals surface area contributed by atoms with Crippen LogP contribution in [-0.4, -0.2) is 29.9 Å². The van der Waals surface area contributed by atoms with Gasteiger partial charge in [-0.3, -0.25) is 15.0 Å². The van der Waals surface area contributed by atoms with Crippen molar-refractivity contribution < 1.29 is 19.1 Å². The summed E-state index contributed by atoms with van der Waals surface area (Å²) in [6.45, 7) is 1.55. The summed E-state index contributed by atoms with van der Waals surface area (Å²) in [5.74, 6) is -1.40. The fourth-order valence-electron chi connectivity index (χ4n) is 1.46. The number of imide groups is 1.